The van der Waals surface area contributed by atoms with Crippen molar-refractivity contribution in [1.29, 1.82) is 0 Å². The van der Waals surface area contributed by atoms with Crippen molar-refractivity contribution in [2.45, 2.75) is 42.3 Å². The molecule has 1 N–H and O–H groups in total. The third kappa shape index (κ3) is 5.29. The lowest BCUT2D eigenvalue weighted by molar-refractivity contribution is 0.00558. The molecule has 0 bridgehead atoms. The monoisotopic (exact) mass is 591 g/mol. The Morgan fingerprint density at radius 1 is 1.12 bits per heavy atom. The van der Waals surface area contributed by atoms with Crippen LogP contribution >= 0.6 is 11.6 Å². The van der Waals surface area contributed by atoms with Crippen LogP contribution in [0.3, 0.4) is 0 Å². The van der Waals surface area contributed by atoms with Crippen LogP contribution < -0.4 is 4.74 Å². The van der Waals surface area contributed by atoms with Gasteiger partial charge in [0.2, 0.25) is 5.88 Å². The molecule has 13 heteroatoms. The van der Waals surface area contributed by atoms with Crippen LogP contribution in [0.25, 0.3) is 0 Å². The summed E-state index contributed by atoms with van der Waals surface area (Å²) in [6.07, 6.45) is -0.277. The van der Waals surface area contributed by atoms with Crippen LogP contribution in [-0.4, -0.2) is 64.1 Å². The second-order valence-electron chi connectivity index (χ2n) is 9.63. The molecule has 0 spiro atoms. The Balaban J connectivity index is 1.13. The number of benzene rings is 2. The largest absolute Gasteiger partial charge is 0.472 e. The summed E-state index contributed by atoms with van der Waals surface area (Å²) < 4.78 is 69.5. The van der Waals surface area contributed by atoms with Gasteiger partial charge < -0.3 is 24.1 Å². The van der Waals surface area contributed by atoms with Crippen molar-refractivity contribution in [1.82, 2.24) is 4.98 Å². The summed E-state index contributed by atoms with van der Waals surface area (Å²) in [6.45, 7) is -0.0453. The van der Waals surface area contributed by atoms with Gasteiger partial charge in [0.05, 0.1) is 52.0 Å². The summed E-state index contributed by atoms with van der Waals surface area (Å²) in [5.74, 6) is -1.45. The average molecular weight is 592 g/mol. The Bertz CT molecular complexity index is 1590. The number of hydrogen-bond donors (Lipinski definition) is 1. The summed E-state index contributed by atoms with van der Waals surface area (Å²) >= 11 is 6.32. The third-order valence-corrected chi connectivity index (χ3v) is 8.75. The highest BCUT2D eigenvalue weighted by Gasteiger charge is 2.49. The fourth-order valence-electron chi connectivity index (χ4n) is 4.78. The first-order valence-electron chi connectivity index (χ1n) is 12.4. The second-order valence-corrected chi connectivity index (χ2v) is 12.3. The number of pyridine rings is 1. The second kappa shape index (κ2) is 10.7. The number of aliphatic hydroxyl groups is 1. The number of ether oxygens (including phenoxy) is 4. The van der Waals surface area contributed by atoms with Crippen molar-refractivity contribution < 1.29 is 37.0 Å². The molecule has 5 atom stereocenters. The lowest BCUT2D eigenvalue weighted by atomic mass is 10.1. The van der Waals surface area contributed by atoms with Crippen LogP contribution in [0.4, 0.5) is 20.2 Å². The van der Waals surface area contributed by atoms with Crippen LogP contribution in [0.2, 0.25) is 5.02 Å². The average Bonchev–Trinajstić information content (AvgIpc) is 3.60. The van der Waals surface area contributed by atoms with Gasteiger partial charge in [-0.25, -0.2) is 23.0 Å². The molecule has 3 aliphatic rings. The van der Waals surface area contributed by atoms with E-state index >= 15 is 0 Å². The Kier molecular flexibility index (Phi) is 7.21. The lowest BCUT2D eigenvalue weighted by Crippen LogP contribution is -2.34. The van der Waals surface area contributed by atoms with Gasteiger partial charge in [-0.1, -0.05) is 29.8 Å². The Hall–Kier alpha value is -3.16. The van der Waals surface area contributed by atoms with E-state index in [0.29, 0.717) is 22.2 Å². The van der Waals surface area contributed by atoms with Gasteiger partial charge in [-0.3, -0.25) is 0 Å². The summed E-state index contributed by atoms with van der Waals surface area (Å²) in [4.78, 5) is 9.25. The van der Waals surface area contributed by atoms with Crippen LogP contribution in [0.15, 0.2) is 62.8 Å². The first-order valence-corrected chi connectivity index (χ1v) is 14.7. The molecule has 210 valence electrons. The third-order valence-electron chi connectivity index (χ3n) is 6.77. The summed E-state index contributed by atoms with van der Waals surface area (Å²) in [5.41, 5.74) is 0.561. The molecule has 0 amide bonds. The Morgan fingerprint density at radius 3 is 2.60 bits per heavy atom. The van der Waals surface area contributed by atoms with Gasteiger partial charge in [-0.15, -0.1) is 0 Å². The van der Waals surface area contributed by atoms with Gasteiger partial charge in [0, 0.05) is 23.3 Å². The summed E-state index contributed by atoms with van der Waals surface area (Å²) in [6, 6.07) is 12.0. The summed E-state index contributed by atoms with van der Waals surface area (Å²) in [5, 5.41) is 10.0. The zero-order valence-corrected chi connectivity index (χ0v) is 22.7. The highest BCUT2D eigenvalue weighted by atomic mass is 35.5. The zero-order chi connectivity index (χ0) is 28.0. The van der Waals surface area contributed by atoms with Gasteiger partial charge >= 0.3 is 0 Å². The van der Waals surface area contributed by atoms with Crippen LogP contribution in [0.5, 0.6) is 5.88 Å². The van der Waals surface area contributed by atoms with E-state index in [1.54, 1.807) is 30.3 Å². The van der Waals surface area contributed by atoms with Crippen LogP contribution in [0, 0.1) is 11.6 Å². The van der Waals surface area contributed by atoms with E-state index in [4.69, 9.17) is 30.5 Å². The van der Waals surface area contributed by atoms with Gasteiger partial charge in [0.25, 0.3) is 0 Å². The maximum absolute atomic E-state index is 14.9. The molecule has 9 nitrogen and oxygen atoms in total. The van der Waals surface area contributed by atoms with Gasteiger partial charge in [0.15, 0.2) is 12.0 Å². The highest BCUT2D eigenvalue weighted by Crippen LogP contribution is 2.36. The molecule has 1 aromatic heterocycles. The molecule has 3 aromatic rings. The normalized spacial score (nSPS) is 24.7. The molecule has 2 aromatic carbocycles. The van der Waals surface area contributed by atoms with Crippen molar-refractivity contribution in [3.8, 4) is 5.88 Å². The number of aliphatic hydroxyl groups excluding tert-OH is 1. The van der Waals surface area contributed by atoms with Crippen molar-refractivity contribution in [3.05, 3.63) is 76.4 Å². The van der Waals surface area contributed by atoms with Crippen LogP contribution in [-0.2, 0) is 37.0 Å². The molecule has 4 heterocycles. The first kappa shape index (κ1) is 27.0. The molecule has 3 aliphatic heterocycles. The molecule has 2 saturated heterocycles. The van der Waals surface area contributed by atoms with Gasteiger partial charge in [0.1, 0.15) is 41.6 Å². The Morgan fingerprint density at radius 2 is 1.85 bits per heavy atom. The quantitative estimate of drug-likeness (QED) is 0.449. The van der Waals surface area contributed by atoms with E-state index in [1.165, 1.54) is 12.3 Å². The van der Waals surface area contributed by atoms with Crippen LogP contribution in [0.1, 0.15) is 11.3 Å². The maximum atomic E-state index is 14.9. The van der Waals surface area contributed by atoms with E-state index in [0.717, 1.165) is 12.1 Å². The van der Waals surface area contributed by atoms with Crippen molar-refractivity contribution in [2.75, 3.05) is 19.5 Å². The fraction of sp³-hybridized carbons (Fsp3) is 0.333. The number of aliphatic imine (C=N–C) groups is 1. The van der Waals surface area contributed by atoms with E-state index in [2.05, 4.69) is 14.3 Å². The zero-order valence-electron chi connectivity index (χ0n) is 21.1. The number of nitrogens with zero attached hydrogens (tertiary/aromatic N) is 3. The minimum atomic E-state index is -2.91. The molecule has 6 rings (SSSR count). The minimum Gasteiger partial charge on any atom is -0.472 e. The fourth-order valence-corrected chi connectivity index (χ4v) is 6.25. The first-order chi connectivity index (χ1) is 19.2. The molecule has 0 radical (unpaired) electrons. The SMILES string of the molecule is CS(=O)(=Nc1cc(F)c(COc2nc3c(cc2Cl)N=C(O[C@@H]2CO[C@H]4[C@@H]2OC[C@H]4O)C3)c(F)c1)c1ccccc1. The number of halogens is 3. The van der Waals surface area contributed by atoms with Crippen molar-refractivity contribution in [2.24, 2.45) is 9.36 Å². The standard InChI is InChI=1S/C27H24ClF2N3O6S/c1-40(35,15-5-3-2-4-6-15)33-14-7-18(29)16(19(30)8-14)11-38-27-17(28)9-20-21(32-27)10-24(31-20)39-23-13-37-25-22(34)12-36-26(23)25/h2-9,22-23,25-26,34H,10-13H2,1H3/t22-,23-,25-,26-,40?/m1/s1. The molecular weight excluding hydrogens is 568 g/mol. The molecule has 1 unspecified atom stereocenters. The predicted octanol–water partition coefficient (Wildman–Crippen LogP) is 4.51. The van der Waals surface area contributed by atoms with Crippen molar-refractivity contribution in [3.63, 3.8) is 0 Å². The highest BCUT2D eigenvalue weighted by molar-refractivity contribution is 7.93. The van der Waals surface area contributed by atoms with Crippen molar-refractivity contribution >= 4 is 38.6 Å². The molecule has 0 aliphatic carbocycles. The topological polar surface area (TPSA) is 112 Å². The van der Waals surface area contributed by atoms with E-state index in [9.17, 15) is 18.1 Å². The molecule has 2 fully saturated rings. The Labute approximate surface area is 233 Å². The minimum absolute atomic E-state index is 0.0170. The lowest BCUT2D eigenvalue weighted by Gasteiger charge is -2.17. The summed E-state index contributed by atoms with van der Waals surface area (Å²) in [7, 11) is -2.91. The number of hydrogen-bond acceptors (Lipinski definition) is 9. The maximum Gasteiger partial charge on any atom is 0.233 e. The molecule has 40 heavy (non-hydrogen) atoms. The predicted molar refractivity (Wildman–Crippen MR) is 142 cm³/mol. The smallest absolute Gasteiger partial charge is 0.233 e. The van der Waals surface area contributed by atoms with Gasteiger partial charge in [-0.05, 0) is 18.2 Å². The van der Waals surface area contributed by atoms with E-state index in [1.807, 2.05) is 0 Å². The number of fused-ring (bicyclic) bond motifs is 2. The molecule has 0 saturated carbocycles. The number of rotatable bonds is 6. The van der Waals surface area contributed by atoms with E-state index in [-0.39, 0.29) is 47.9 Å². The number of aromatic nitrogens is 1. The van der Waals surface area contributed by atoms with E-state index < -0.39 is 46.3 Å². The van der Waals surface area contributed by atoms with Gasteiger partial charge in [-0.2, -0.15) is 4.36 Å². The molecular formula is C27H24ClF2N3O6S.